The molecule has 2 rings (SSSR count). The lowest BCUT2D eigenvalue weighted by atomic mass is 10.2. The first-order chi connectivity index (χ1) is 15.4. The molecule has 0 saturated heterocycles. The van der Waals surface area contributed by atoms with E-state index < -0.39 is 17.9 Å². The van der Waals surface area contributed by atoms with E-state index in [0.29, 0.717) is 29.4 Å². The molecule has 0 N–H and O–H groups in total. The highest BCUT2D eigenvalue weighted by molar-refractivity contribution is 8.03. The molecule has 1 heterocycles. The quantitative estimate of drug-likeness (QED) is 0.155. The van der Waals surface area contributed by atoms with Crippen LogP contribution in [0.25, 0.3) is 0 Å². The number of unbranched alkanes of at least 4 members (excludes halogenated alkanes) is 1. The van der Waals surface area contributed by atoms with Crippen LogP contribution in [0.2, 0.25) is 5.02 Å². The molecule has 0 saturated carbocycles. The minimum Gasteiger partial charge on any atom is -0.463 e. The minimum absolute atomic E-state index is 0.152. The van der Waals surface area contributed by atoms with Crippen LogP contribution >= 0.6 is 23.4 Å². The molecule has 8 nitrogen and oxygen atoms in total. The summed E-state index contributed by atoms with van der Waals surface area (Å²) in [5, 5.41) is 10.6. The third-order valence-electron chi connectivity index (χ3n) is 4.11. The largest absolute Gasteiger partial charge is 0.463 e. The van der Waals surface area contributed by atoms with Crippen molar-refractivity contribution in [3.05, 3.63) is 59.1 Å². The van der Waals surface area contributed by atoms with Gasteiger partial charge in [0, 0.05) is 28.6 Å². The van der Waals surface area contributed by atoms with E-state index in [9.17, 15) is 19.6 Å². The number of nitrogens with zero attached hydrogens (tertiary/aromatic N) is 2. The number of esters is 3. The van der Waals surface area contributed by atoms with Crippen molar-refractivity contribution in [2.45, 2.75) is 17.7 Å². The molecule has 32 heavy (non-hydrogen) atoms. The summed E-state index contributed by atoms with van der Waals surface area (Å²) in [7, 11) is 0. The van der Waals surface area contributed by atoms with Crippen molar-refractivity contribution >= 4 is 47.0 Å². The molecule has 1 aliphatic rings. The van der Waals surface area contributed by atoms with Gasteiger partial charge in [-0.3, -0.25) is 0 Å². The van der Waals surface area contributed by atoms with Gasteiger partial charge in [-0.25, -0.2) is 14.4 Å². The molecule has 0 radical (unpaired) electrons. The van der Waals surface area contributed by atoms with Crippen LogP contribution in [0.4, 0.5) is 5.69 Å². The first-order valence-electron chi connectivity index (χ1n) is 9.56. The molecule has 1 aliphatic heterocycles. The first kappa shape index (κ1) is 25.0. The second-order valence-corrected chi connectivity index (χ2v) is 7.71. The van der Waals surface area contributed by atoms with Gasteiger partial charge in [0.25, 0.3) is 0 Å². The van der Waals surface area contributed by atoms with Crippen LogP contribution in [-0.2, 0) is 28.6 Å². The number of rotatable bonds is 11. The highest BCUT2D eigenvalue weighted by Gasteiger charge is 2.31. The molecule has 0 fully saturated rings. The predicted molar refractivity (Wildman–Crippen MR) is 120 cm³/mol. The van der Waals surface area contributed by atoms with E-state index in [4.69, 9.17) is 25.8 Å². The van der Waals surface area contributed by atoms with Gasteiger partial charge in [-0.15, -0.1) is 0 Å². The molecular formula is C22H21ClN2O6S. The molecular weight excluding hydrogens is 456 g/mol. The predicted octanol–water partition coefficient (Wildman–Crippen LogP) is 3.77. The maximum Gasteiger partial charge on any atom is 0.351 e. The molecule has 10 heteroatoms. The fraction of sp³-hybridized carbons (Fsp3) is 0.273. The van der Waals surface area contributed by atoms with E-state index in [1.54, 1.807) is 12.1 Å². The van der Waals surface area contributed by atoms with Crippen LogP contribution < -0.4 is 4.90 Å². The Morgan fingerprint density at radius 1 is 1.06 bits per heavy atom. The number of anilines is 1. The minimum atomic E-state index is -0.825. The Labute approximate surface area is 195 Å². The lowest BCUT2D eigenvalue weighted by Gasteiger charge is -2.21. The van der Waals surface area contributed by atoms with Crippen LogP contribution in [0, 0.1) is 11.3 Å². The van der Waals surface area contributed by atoms with Crippen molar-refractivity contribution < 1.29 is 28.6 Å². The van der Waals surface area contributed by atoms with Gasteiger partial charge in [0.05, 0.1) is 12.3 Å². The summed E-state index contributed by atoms with van der Waals surface area (Å²) in [4.78, 5) is 37.4. The maximum atomic E-state index is 12.5. The smallest absolute Gasteiger partial charge is 0.351 e. The number of thioether (sulfide) groups is 1. The second kappa shape index (κ2) is 12.6. The van der Waals surface area contributed by atoms with Crippen molar-refractivity contribution in [1.82, 2.24) is 0 Å². The van der Waals surface area contributed by atoms with Crippen LogP contribution in [0.5, 0.6) is 0 Å². The number of hydrogen-bond donors (Lipinski definition) is 0. The fourth-order valence-corrected chi connectivity index (χ4v) is 4.11. The molecule has 0 aromatic heterocycles. The SMILES string of the molecule is C=CC(=O)OCCCCN1C(=C(C#N)C(=O)OCCOC(=O)C=C)Sc2cc(Cl)ccc21. The number of benzene rings is 1. The Bertz CT molecular complexity index is 985. The standard InChI is InChI=1S/C22H21ClN2O6S/c1-3-19(26)29-10-6-5-9-25-17-8-7-15(23)13-18(17)32-21(25)16(14-24)22(28)31-12-11-30-20(27)4-2/h3-4,7-8,13H,1-2,5-6,9-12H2. The van der Waals surface area contributed by atoms with Crippen LogP contribution in [0.3, 0.4) is 0 Å². The summed E-state index contributed by atoms with van der Waals surface area (Å²) in [6, 6.07) is 7.20. The topological polar surface area (TPSA) is 106 Å². The van der Waals surface area contributed by atoms with Gasteiger partial charge >= 0.3 is 17.9 Å². The van der Waals surface area contributed by atoms with E-state index in [-0.39, 0.29) is 25.4 Å². The van der Waals surface area contributed by atoms with Gasteiger partial charge in [0.1, 0.15) is 24.3 Å². The summed E-state index contributed by atoms with van der Waals surface area (Å²) in [5.41, 5.74) is 0.633. The van der Waals surface area contributed by atoms with Gasteiger partial charge in [-0.2, -0.15) is 5.26 Å². The Morgan fingerprint density at radius 2 is 1.72 bits per heavy atom. The molecule has 0 bridgehead atoms. The fourth-order valence-electron chi connectivity index (χ4n) is 2.66. The molecule has 0 atom stereocenters. The van der Waals surface area contributed by atoms with E-state index in [1.807, 2.05) is 17.0 Å². The molecule has 0 amide bonds. The van der Waals surface area contributed by atoms with Crippen LogP contribution in [0.15, 0.2) is 59.0 Å². The number of carbonyl (C=O) groups is 3. The zero-order valence-electron chi connectivity index (χ0n) is 17.2. The molecule has 0 aliphatic carbocycles. The molecule has 0 spiro atoms. The summed E-state index contributed by atoms with van der Waals surface area (Å²) in [6.45, 7) is 6.97. The van der Waals surface area contributed by atoms with E-state index in [0.717, 1.165) is 22.7 Å². The molecule has 0 unspecified atom stereocenters. The van der Waals surface area contributed by atoms with Crippen LogP contribution in [0.1, 0.15) is 12.8 Å². The van der Waals surface area contributed by atoms with Crippen molar-refractivity contribution in [3.8, 4) is 6.07 Å². The van der Waals surface area contributed by atoms with Gasteiger partial charge in [-0.05, 0) is 31.0 Å². The Kier molecular flexibility index (Phi) is 9.85. The summed E-state index contributed by atoms with van der Waals surface area (Å²) in [5.74, 6) is -1.95. The van der Waals surface area contributed by atoms with E-state index in [1.165, 1.54) is 11.8 Å². The monoisotopic (exact) mass is 476 g/mol. The van der Waals surface area contributed by atoms with Crippen molar-refractivity contribution in [2.24, 2.45) is 0 Å². The second-order valence-electron chi connectivity index (χ2n) is 6.24. The average Bonchev–Trinajstić information content (AvgIpc) is 3.13. The van der Waals surface area contributed by atoms with Gasteiger partial charge in [0.15, 0.2) is 5.57 Å². The van der Waals surface area contributed by atoms with Crippen molar-refractivity contribution in [2.75, 3.05) is 31.3 Å². The lowest BCUT2D eigenvalue weighted by Crippen LogP contribution is -2.23. The molecule has 168 valence electrons. The molecule has 1 aromatic rings. The Morgan fingerprint density at radius 3 is 2.38 bits per heavy atom. The number of nitriles is 1. The number of ether oxygens (including phenoxy) is 3. The normalized spacial score (nSPS) is 13.4. The third kappa shape index (κ3) is 6.90. The summed E-state index contributed by atoms with van der Waals surface area (Å²) >= 11 is 7.34. The maximum absolute atomic E-state index is 12.5. The highest BCUT2D eigenvalue weighted by Crippen LogP contribution is 2.48. The Hall–Kier alpha value is -3.22. The number of carbonyl (C=O) groups excluding carboxylic acids is 3. The molecule has 1 aromatic carbocycles. The Balaban J connectivity index is 2.12. The first-order valence-corrected chi connectivity index (χ1v) is 10.8. The number of hydrogen-bond acceptors (Lipinski definition) is 9. The van der Waals surface area contributed by atoms with Gasteiger partial charge in [-0.1, -0.05) is 36.5 Å². The van der Waals surface area contributed by atoms with Gasteiger partial charge < -0.3 is 19.1 Å². The summed E-state index contributed by atoms with van der Waals surface area (Å²) in [6.07, 6.45) is 3.30. The van der Waals surface area contributed by atoms with Crippen LogP contribution in [-0.4, -0.2) is 44.3 Å². The van der Waals surface area contributed by atoms with E-state index >= 15 is 0 Å². The van der Waals surface area contributed by atoms with E-state index in [2.05, 4.69) is 13.2 Å². The van der Waals surface area contributed by atoms with Crippen molar-refractivity contribution in [1.29, 1.82) is 5.26 Å². The number of fused-ring (bicyclic) bond motifs is 1. The zero-order chi connectivity index (χ0) is 23.5. The third-order valence-corrected chi connectivity index (χ3v) is 5.51. The highest BCUT2D eigenvalue weighted by atomic mass is 35.5. The average molecular weight is 477 g/mol. The van der Waals surface area contributed by atoms with Crippen molar-refractivity contribution in [3.63, 3.8) is 0 Å². The zero-order valence-corrected chi connectivity index (χ0v) is 18.7. The summed E-state index contributed by atoms with van der Waals surface area (Å²) < 4.78 is 14.8. The van der Waals surface area contributed by atoms with Gasteiger partial charge in [0.2, 0.25) is 0 Å². The lowest BCUT2D eigenvalue weighted by molar-refractivity contribution is -0.146. The number of halogens is 1.